The predicted octanol–water partition coefficient (Wildman–Crippen LogP) is 5.40. The molecule has 5 N–H and O–H groups in total. The van der Waals surface area contributed by atoms with Crippen LogP contribution < -0.4 is 20.5 Å². The minimum absolute atomic E-state index is 0.0451. The molecule has 5 rings (SSSR count). The molecule has 1 amide bonds. The first kappa shape index (κ1) is 31.6. The average molecular weight is 654 g/mol. The van der Waals surface area contributed by atoms with Gasteiger partial charge in [-0.2, -0.15) is 0 Å². The van der Waals surface area contributed by atoms with Gasteiger partial charge in [-0.3, -0.25) is 9.52 Å². The molecule has 10 nitrogen and oxygen atoms in total. The quantitative estimate of drug-likeness (QED) is 0.146. The number of anilines is 2. The number of aromatic nitrogens is 2. The first-order valence-electron chi connectivity index (χ1n) is 13.4. The Morgan fingerprint density at radius 3 is 2.51 bits per heavy atom. The van der Waals surface area contributed by atoms with Crippen molar-refractivity contribution in [3.8, 4) is 28.1 Å². The van der Waals surface area contributed by atoms with E-state index in [0.717, 1.165) is 12.1 Å². The van der Waals surface area contributed by atoms with Crippen LogP contribution in [0.3, 0.4) is 0 Å². The molecule has 0 saturated heterocycles. The first-order chi connectivity index (χ1) is 21.5. The second kappa shape index (κ2) is 13.0. The number of methoxy groups -OCH3 is 1. The van der Waals surface area contributed by atoms with Crippen LogP contribution in [0.2, 0.25) is 5.02 Å². The highest BCUT2D eigenvalue weighted by molar-refractivity contribution is 7.92. The summed E-state index contributed by atoms with van der Waals surface area (Å²) in [6.07, 6.45) is 1.90. The number of carbonyl (C=O) groups is 1. The van der Waals surface area contributed by atoms with E-state index < -0.39 is 26.6 Å². The van der Waals surface area contributed by atoms with Gasteiger partial charge in [0.1, 0.15) is 28.0 Å². The molecule has 0 spiro atoms. The Labute approximate surface area is 261 Å². The number of aliphatic hydroxyl groups excluding tert-OH is 1. The maximum Gasteiger partial charge on any atom is 0.264 e. The van der Waals surface area contributed by atoms with E-state index in [0.29, 0.717) is 52.2 Å². The molecule has 0 saturated carbocycles. The number of ether oxygens (including phenoxy) is 1. The van der Waals surface area contributed by atoms with Crippen molar-refractivity contribution in [2.45, 2.75) is 11.3 Å². The van der Waals surface area contributed by atoms with Crippen molar-refractivity contribution in [2.75, 3.05) is 30.7 Å². The SMILES string of the molecule is COc1ncc(-c2ccc3nc(N)c(-c4ccc(C(=O)NCCCO)c(Cl)c4)cc3c2)cc1NS(=O)(=O)c1ccc(F)cc1F. The van der Waals surface area contributed by atoms with Crippen LogP contribution in [0.1, 0.15) is 16.8 Å². The number of nitrogens with two attached hydrogens (primary N) is 1. The third kappa shape index (κ3) is 6.80. The number of carbonyl (C=O) groups excluding carboxylic acids is 1. The molecular weight excluding hydrogens is 628 g/mol. The maximum absolute atomic E-state index is 14.3. The fourth-order valence-corrected chi connectivity index (χ4v) is 5.96. The highest BCUT2D eigenvalue weighted by Gasteiger charge is 2.22. The van der Waals surface area contributed by atoms with E-state index in [1.54, 1.807) is 36.4 Å². The summed E-state index contributed by atoms with van der Waals surface area (Å²) in [6, 6.07) is 15.6. The molecular formula is C31H26ClF2N5O5S. The number of nitrogens with one attached hydrogen (secondary N) is 2. The molecule has 0 bridgehead atoms. The minimum atomic E-state index is -4.47. The fraction of sp³-hybridized carbons (Fsp3) is 0.129. The Hall–Kier alpha value is -4.85. The van der Waals surface area contributed by atoms with Crippen molar-refractivity contribution in [3.05, 3.63) is 95.1 Å². The van der Waals surface area contributed by atoms with E-state index in [1.807, 2.05) is 6.07 Å². The number of sulfonamides is 1. The van der Waals surface area contributed by atoms with Crippen molar-refractivity contribution in [3.63, 3.8) is 0 Å². The average Bonchev–Trinajstić information content (AvgIpc) is 3.00. The molecule has 2 aromatic heterocycles. The molecule has 0 aliphatic heterocycles. The van der Waals surface area contributed by atoms with Crippen LogP contribution in [0.5, 0.6) is 5.88 Å². The maximum atomic E-state index is 14.3. The normalized spacial score (nSPS) is 11.4. The lowest BCUT2D eigenvalue weighted by Crippen LogP contribution is -2.25. The highest BCUT2D eigenvalue weighted by atomic mass is 35.5. The van der Waals surface area contributed by atoms with Crippen molar-refractivity contribution in [1.82, 2.24) is 15.3 Å². The number of amides is 1. The van der Waals surface area contributed by atoms with Crippen molar-refractivity contribution in [2.24, 2.45) is 0 Å². The van der Waals surface area contributed by atoms with Crippen LogP contribution in [0, 0.1) is 11.6 Å². The Bertz CT molecular complexity index is 2050. The molecule has 0 aliphatic rings. The van der Waals surface area contributed by atoms with E-state index >= 15 is 0 Å². The molecule has 0 atom stereocenters. The number of nitrogens with zero attached hydrogens (tertiary/aromatic N) is 2. The number of hydrogen-bond donors (Lipinski definition) is 4. The molecule has 232 valence electrons. The van der Waals surface area contributed by atoms with Gasteiger partial charge < -0.3 is 20.9 Å². The summed E-state index contributed by atoms with van der Waals surface area (Å²) in [5, 5.41) is 12.5. The van der Waals surface area contributed by atoms with Crippen LogP contribution >= 0.6 is 11.6 Å². The molecule has 45 heavy (non-hydrogen) atoms. The van der Waals surface area contributed by atoms with Gasteiger partial charge in [0.2, 0.25) is 5.88 Å². The zero-order valence-electron chi connectivity index (χ0n) is 23.6. The van der Waals surface area contributed by atoms with Crippen LogP contribution in [0.15, 0.2) is 77.8 Å². The molecule has 0 unspecified atom stereocenters. The van der Waals surface area contributed by atoms with Crippen molar-refractivity contribution >= 4 is 49.9 Å². The number of benzene rings is 3. The Balaban J connectivity index is 1.48. The topological polar surface area (TPSA) is 157 Å². The predicted molar refractivity (Wildman–Crippen MR) is 168 cm³/mol. The van der Waals surface area contributed by atoms with Gasteiger partial charge in [-0.1, -0.05) is 23.7 Å². The first-order valence-corrected chi connectivity index (χ1v) is 15.3. The standard InChI is InChI=1S/C31H26ClF2N5O5S/c1-44-31-27(39-45(42,43)28-8-5-21(33)15-25(28)34)14-20(16-37-31)17-4-7-26-19(11-17)12-23(29(35)38-26)18-3-6-22(24(32)13-18)30(41)36-9-2-10-40/h3-8,11-16,39-40H,2,9-10H2,1H3,(H2,35,38)(H,36,41). The van der Waals surface area contributed by atoms with Gasteiger partial charge in [0.25, 0.3) is 15.9 Å². The number of rotatable bonds is 10. The Kier molecular flexibility index (Phi) is 9.14. The largest absolute Gasteiger partial charge is 0.480 e. The monoisotopic (exact) mass is 653 g/mol. The molecule has 14 heteroatoms. The van der Waals surface area contributed by atoms with Crippen molar-refractivity contribution in [1.29, 1.82) is 0 Å². The third-order valence-electron chi connectivity index (χ3n) is 6.79. The van der Waals surface area contributed by atoms with Crippen LogP contribution in [0.4, 0.5) is 20.3 Å². The summed E-state index contributed by atoms with van der Waals surface area (Å²) in [5.41, 5.74) is 9.39. The van der Waals surface area contributed by atoms with E-state index in [1.165, 1.54) is 19.4 Å². The van der Waals surface area contributed by atoms with Gasteiger partial charge in [-0.05, 0) is 66.1 Å². The third-order valence-corrected chi connectivity index (χ3v) is 8.51. The lowest BCUT2D eigenvalue weighted by Gasteiger charge is -2.14. The van der Waals surface area contributed by atoms with Crippen LogP contribution in [0.25, 0.3) is 33.2 Å². The summed E-state index contributed by atoms with van der Waals surface area (Å²) in [6.45, 7) is 0.262. The lowest BCUT2D eigenvalue weighted by molar-refractivity contribution is 0.0951. The Morgan fingerprint density at radius 1 is 1.02 bits per heavy atom. The molecule has 0 radical (unpaired) electrons. The van der Waals surface area contributed by atoms with E-state index in [9.17, 15) is 22.0 Å². The molecule has 0 fully saturated rings. The van der Waals surface area contributed by atoms with Gasteiger partial charge in [-0.15, -0.1) is 0 Å². The second-order valence-corrected chi connectivity index (χ2v) is 11.9. The second-order valence-electron chi connectivity index (χ2n) is 9.82. The van der Waals surface area contributed by atoms with E-state index in [4.69, 9.17) is 27.2 Å². The van der Waals surface area contributed by atoms with Crippen LogP contribution in [-0.2, 0) is 10.0 Å². The summed E-state index contributed by atoms with van der Waals surface area (Å²) in [5.74, 6) is -2.36. The number of nitrogen functional groups attached to an aromatic ring is 1. The lowest BCUT2D eigenvalue weighted by atomic mass is 10.00. The fourth-order valence-electron chi connectivity index (χ4n) is 4.58. The number of fused-ring (bicyclic) bond motifs is 1. The summed E-state index contributed by atoms with van der Waals surface area (Å²) < 4.78 is 61.0. The molecule has 0 aliphatic carbocycles. The summed E-state index contributed by atoms with van der Waals surface area (Å²) in [7, 11) is -3.17. The number of pyridine rings is 2. The van der Waals surface area contributed by atoms with Gasteiger partial charge in [-0.25, -0.2) is 27.2 Å². The smallest absolute Gasteiger partial charge is 0.264 e. The number of halogens is 3. The van der Waals surface area contributed by atoms with Gasteiger partial charge in [0.15, 0.2) is 0 Å². The summed E-state index contributed by atoms with van der Waals surface area (Å²) >= 11 is 6.43. The van der Waals surface area contributed by atoms with E-state index in [-0.39, 0.29) is 40.5 Å². The van der Waals surface area contributed by atoms with Crippen molar-refractivity contribution < 1.29 is 31.8 Å². The number of hydrogen-bond acceptors (Lipinski definition) is 8. The van der Waals surface area contributed by atoms with Gasteiger partial charge in [0, 0.05) is 41.9 Å². The highest BCUT2D eigenvalue weighted by Crippen LogP contribution is 2.35. The molecule has 5 aromatic rings. The van der Waals surface area contributed by atoms with Crippen LogP contribution in [-0.4, -0.2) is 49.7 Å². The number of aliphatic hydroxyl groups is 1. The molecule has 3 aromatic carbocycles. The minimum Gasteiger partial charge on any atom is -0.480 e. The zero-order valence-corrected chi connectivity index (χ0v) is 25.2. The molecule has 2 heterocycles. The van der Waals surface area contributed by atoms with Gasteiger partial charge >= 0.3 is 0 Å². The zero-order chi connectivity index (χ0) is 32.3. The van der Waals surface area contributed by atoms with E-state index in [2.05, 4.69) is 20.0 Å². The van der Waals surface area contributed by atoms with Gasteiger partial charge in [0.05, 0.1) is 23.2 Å². The summed E-state index contributed by atoms with van der Waals surface area (Å²) in [4.78, 5) is 20.4. The Morgan fingerprint density at radius 2 is 1.80 bits per heavy atom.